The summed E-state index contributed by atoms with van der Waals surface area (Å²) in [7, 11) is 0. The molecule has 2 heteroatoms. The van der Waals surface area contributed by atoms with Crippen LogP contribution in [0.2, 0.25) is 0 Å². The lowest BCUT2D eigenvalue weighted by Crippen LogP contribution is -2.26. The number of benzene rings is 9. The van der Waals surface area contributed by atoms with Gasteiger partial charge >= 0.3 is 0 Å². The zero-order valence-electron chi connectivity index (χ0n) is 35.8. The molecule has 4 aliphatic rings. The van der Waals surface area contributed by atoms with Gasteiger partial charge in [0, 0.05) is 38.7 Å². The Bertz CT molecular complexity index is 3680. The minimum Gasteiger partial charge on any atom is -0.456 e. The summed E-state index contributed by atoms with van der Waals surface area (Å²) in [6, 6.07) is 70.6. The summed E-state index contributed by atoms with van der Waals surface area (Å²) in [4.78, 5) is 2.65. The fourth-order valence-corrected chi connectivity index (χ4v) is 12.4. The van der Waals surface area contributed by atoms with Gasteiger partial charge in [0.1, 0.15) is 11.2 Å². The number of rotatable bonds is 4. The number of fused-ring (bicyclic) bond motifs is 17. The highest BCUT2D eigenvalue weighted by atomic mass is 16.3. The van der Waals surface area contributed by atoms with Crippen molar-refractivity contribution in [1.29, 1.82) is 0 Å². The first-order chi connectivity index (χ1) is 31.5. The molecule has 0 saturated carbocycles. The van der Waals surface area contributed by atoms with E-state index in [4.69, 9.17) is 4.42 Å². The average Bonchev–Trinajstić information content (AvgIpc) is 4.03. The third kappa shape index (κ3) is 4.60. The molecular formula is C62H43NO. The Labute approximate surface area is 373 Å². The number of anilines is 2. The van der Waals surface area contributed by atoms with Crippen LogP contribution < -0.4 is 4.90 Å². The summed E-state index contributed by atoms with van der Waals surface area (Å²) in [5, 5.41) is 4.71. The van der Waals surface area contributed by atoms with Gasteiger partial charge in [0.15, 0.2) is 0 Å². The maximum Gasteiger partial charge on any atom is 0.136 e. The van der Waals surface area contributed by atoms with Crippen molar-refractivity contribution in [3.63, 3.8) is 0 Å². The van der Waals surface area contributed by atoms with Gasteiger partial charge in [-0.1, -0.05) is 178 Å². The first-order valence-electron chi connectivity index (χ1n) is 22.7. The lowest BCUT2D eigenvalue weighted by molar-refractivity contribution is 0.660. The summed E-state index contributed by atoms with van der Waals surface area (Å²) >= 11 is 0. The molecule has 1 spiro atoms. The highest BCUT2D eigenvalue weighted by Gasteiger charge is 2.52. The normalized spacial score (nSPS) is 15.7. The van der Waals surface area contributed by atoms with Crippen LogP contribution in [0.4, 0.5) is 11.4 Å². The SMILES string of the molecule is CC1(C)c2ccccc2-c2ccc(N(C3=C(c4cccc5oc6cc7ccccc7cc6c45)C=CCC3)c3cccc4c3-c3ccccc3C43c4ccccc4-c4ccccc43)cc21. The summed E-state index contributed by atoms with van der Waals surface area (Å²) in [6.45, 7) is 4.78. The van der Waals surface area contributed by atoms with Crippen LogP contribution in [0.1, 0.15) is 65.6 Å². The van der Waals surface area contributed by atoms with E-state index in [0.717, 1.165) is 34.8 Å². The molecule has 0 amide bonds. The minimum absolute atomic E-state index is 0.159. The fourth-order valence-electron chi connectivity index (χ4n) is 12.4. The van der Waals surface area contributed by atoms with E-state index in [1.54, 1.807) is 0 Å². The molecule has 1 heterocycles. The van der Waals surface area contributed by atoms with Gasteiger partial charge < -0.3 is 9.32 Å². The van der Waals surface area contributed by atoms with Gasteiger partial charge in [-0.3, -0.25) is 0 Å². The van der Waals surface area contributed by atoms with E-state index in [2.05, 4.69) is 219 Å². The molecule has 0 unspecified atom stereocenters. The third-order valence-corrected chi connectivity index (χ3v) is 15.1. The largest absolute Gasteiger partial charge is 0.456 e. The number of furan rings is 1. The molecule has 1 aromatic heterocycles. The number of allylic oxidation sites excluding steroid dienone is 4. The average molecular weight is 818 g/mol. The molecule has 0 fully saturated rings. The molecule has 2 nitrogen and oxygen atoms in total. The van der Waals surface area contributed by atoms with Crippen LogP contribution in [-0.2, 0) is 10.8 Å². The Balaban J connectivity index is 1.08. The molecule has 302 valence electrons. The first-order valence-corrected chi connectivity index (χ1v) is 22.7. The van der Waals surface area contributed by atoms with E-state index in [9.17, 15) is 0 Å². The Morgan fingerprint density at radius 1 is 0.469 bits per heavy atom. The van der Waals surface area contributed by atoms with Crippen LogP contribution in [0.15, 0.2) is 210 Å². The van der Waals surface area contributed by atoms with Gasteiger partial charge in [0.05, 0.1) is 11.1 Å². The standard InChI is InChI=1S/C62H43NO/c1-61(2)49-25-10-5-19-41(49)44-34-33-40(37-54(44)61)63(55-30-14-9-22-45(55)46-24-15-32-57-59(46)48-35-38-17-3-4-18-39(38)36-58(48)64-57)56-31-16-29-53-60(56)47-23-8-13-28-52(47)62(53)50-26-11-6-20-42(50)43-21-7-12-27-51(43)62/h3-13,15-29,31-37H,14,30H2,1-2H3. The Kier molecular flexibility index (Phi) is 7.25. The predicted octanol–water partition coefficient (Wildman–Crippen LogP) is 16.3. The van der Waals surface area contributed by atoms with Crippen molar-refractivity contribution >= 4 is 49.7 Å². The highest BCUT2D eigenvalue weighted by Crippen LogP contribution is 2.65. The molecule has 0 saturated heterocycles. The van der Waals surface area contributed by atoms with Crippen molar-refractivity contribution in [1.82, 2.24) is 0 Å². The maximum absolute atomic E-state index is 6.71. The minimum atomic E-state index is -0.448. The van der Waals surface area contributed by atoms with Crippen molar-refractivity contribution in [2.75, 3.05) is 4.90 Å². The predicted molar refractivity (Wildman–Crippen MR) is 265 cm³/mol. The van der Waals surface area contributed by atoms with E-state index in [1.165, 1.54) is 106 Å². The monoisotopic (exact) mass is 817 g/mol. The second kappa shape index (κ2) is 12.9. The van der Waals surface area contributed by atoms with Gasteiger partial charge in [-0.25, -0.2) is 0 Å². The summed E-state index contributed by atoms with van der Waals surface area (Å²) in [5.41, 5.74) is 23.3. The second-order valence-electron chi connectivity index (χ2n) is 18.6. The molecule has 0 radical (unpaired) electrons. The van der Waals surface area contributed by atoms with Crippen molar-refractivity contribution in [3.05, 3.63) is 245 Å². The van der Waals surface area contributed by atoms with Gasteiger partial charge in [-0.2, -0.15) is 0 Å². The second-order valence-corrected chi connectivity index (χ2v) is 18.6. The smallest absolute Gasteiger partial charge is 0.136 e. The lowest BCUT2D eigenvalue weighted by Gasteiger charge is -2.35. The maximum atomic E-state index is 6.71. The van der Waals surface area contributed by atoms with Crippen LogP contribution in [0.5, 0.6) is 0 Å². The number of nitrogens with zero attached hydrogens (tertiary/aromatic N) is 1. The Morgan fingerprint density at radius 2 is 1.05 bits per heavy atom. The fraction of sp³-hybridized carbons (Fsp3) is 0.0968. The third-order valence-electron chi connectivity index (χ3n) is 15.1. The van der Waals surface area contributed by atoms with Crippen LogP contribution in [-0.4, -0.2) is 0 Å². The summed E-state index contributed by atoms with van der Waals surface area (Å²) in [6.07, 6.45) is 6.57. The molecule has 0 aliphatic heterocycles. The van der Waals surface area contributed by atoms with E-state index in [1.807, 2.05) is 0 Å². The molecule has 14 rings (SSSR count). The topological polar surface area (TPSA) is 16.4 Å². The molecule has 0 N–H and O–H groups in total. The van der Waals surface area contributed by atoms with Crippen LogP contribution in [0, 0.1) is 0 Å². The molecule has 0 bridgehead atoms. The number of hydrogen-bond donors (Lipinski definition) is 0. The molecule has 9 aromatic carbocycles. The van der Waals surface area contributed by atoms with Gasteiger partial charge in [-0.15, -0.1) is 0 Å². The molecule has 4 aliphatic carbocycles. The Morgan fingerprint density at radius 3 is 1.80 bits per heavy atom. The van der Waals surface area contributed by atoms with Gasteiger partial charge in [-0.05, 0) is 127 Å². The van der Waals surface area contributed by atoms with E-state index >= 15 is 0 Å². The van der Waals surface area contributed by atoms with Crippen molar-refractivity contribution in [2.45, 2.75) is 37.5 Å². The first kappa shape index (κ1) is 35.9. The van der Waals surface area contributed by atoms with Gasteiger partial charge in [0.2, 0.25) is 0 Å². The van der Waals surface area contributed by atoms with Crippen molar-refractivity contribution in [2.24, 2.45) is 0 Å². The summed E-state index contributed by atoms with van der Waals surface area (Å²) in [5.74, 6) is 0. The zero-order valence-corrected chi connectivity index (χ0v) is 35.8. The lowest BCUT2D eigenvalue weighted by atomic mass is 9.70. The van der Waals surface area contributed by atoms with Crippen molar-refractivity contribution < 1.29 is 4.42 Å². The Hall–Kier alpha value is -7.68. The number of hydrogen-bond acceptors (Lipinski definition) is 2. The quantitative estimate of drug-likeness (QED) is 0.176. The van der Waals surface area contributed by atoms with Gasteiger partial charge in [0.25, 0.3) is 0 Å². The van der Waals surface area contributed by atoms with E-state index in [0.29, 0.717) is 0 Å². The molecule has 64 heavy (non-hydrogen) atoms. The van der Waals surface area contributed by atoms with E-state index in [-0.39, 0.29) is 5.41 Å². The van der Waals surface area contributed by atoms with Crippen LogP contribution >= 0.6 is 0 Å². The van der Waals surface area contributed by atoms with Crippen LogP contribution in [0.25, 0.3) is 71.7 Å². The molecule has 10 aromatic rings. The van der Waals surface area contributed by atoms with E-state index < -0.39 is 5.41 Å². The molecular weight excluding hydrogens is 775 g/mol. The molecule has 0 atom stereocenters. The summed E-state index contributed by atoms with van der Waals surface area (Å²) < 4.78 is 6.71. The zero-order chi connectivity index (χ0) is 42.3. The van der Waals surface area contributed by atoms with Crippen molar-refractivity contribution in [3.8, 4) is 33.4 Å². The van der Waals surface area contributed by atoms with Crippen LogP contribution in [0.3, 0.4) is 0 Å². The highest BCUT2D eigenvalue weighted by molar-refractivity contribution is 6.15.